The van der Waals surface area contributed by atoms with Crippen LogP contribution in [0.4, 0.5) is 5.69 Å². The minimum absolute atomic E-state index is 0.309. The van der Waals surface area contributed by atoms with E-state index in [1.807, 2.05) is 12.1 Å². The van der Waals surface area contributed by atoms with Crippen LogP contribution in [0.25, 0.3) is 0 Å². The number of esters is 1. The number of nitrogens with two attached hydrogens (primary N) is 1. The first-order valence-corrected chi connectivity index (χ1v) is 6.29. The number of nitrogen functional groups attached to an aromatic ring is 1. The topological polar surface area (TPSA) is 74.4 Å². The van der Waals surface area contributed by atoms with Crippen LogP contribution < -0.4 is 10.5 Å². The molecule has 5 heteroatoms. The fourth-order valence-corrected chi connectivity index (χ4v) is 1.68. The molecule has 1 aromatic heterocycles. The number of aromatic nitrogens is 1. The van der Waals surface area contributed by atoms with Crippen LogP contribution in [0.2, 0.25) is 0 Å². The molecule has 0 saturated heterocycles. The van der Waals surface area contributed by atoms with Gasteiger partial charge >= 0.3 is 5.97 Å². The average molecular weight is 272 g/mol. The van der Waals surface area contributed by atoms with Crippen molar-refractivity contribution in [2.24, 2.45) is 0 Å². The lowest BCUT2D eigenvalue weighted by atomic mass is 10.2. The number of anilines is 1. The molecular formula is C15H16N2O3. The van der Waals surface area contributed by atoms with Gasteiger partial charge in [0.1, 0.15) is 17.9 Å². The smallest absolute Gasteiger partial charge is 0.341 e. The largest absolute Gasteiger partial charge is 0.488 e. The second kappa shape index (κ2) is 6.56. The highest BCUT2D eigenvalue weighted by atomic mass is 16.5. The summed E-state index contributed by atoms with van der Waals surface area (Å²) >= 11 is 0. The van der Waals surface area contributed by atoms with Gasteiger partial charge in [0, 0.05) is 29.7 Å². The summed E-state index contributed by atoms with van der Waals surface area (Å²) in [5.41, 5.74) is 7.53. The van der Waals surface area contributed by atoms with Crippen molar-refractivity contribution in [3.63, 3.8) is 0 Å². The lowest BCUT2D eigenvalue weighted by Gasteiger charge is -2.11. The molecular weight excluding hydrogens is 256 g/mol. The van der Waals surface area contributed by atoms with Crippen molar-refractivity contribution in [3.8, 4) is 5.75 Å². The number of hydrogen-bond donors (Lipinski definition) is 1. The number of nitrogens with zero attached hydrogens (tertiary/aromatic N) is 1. The number of rotatable bonds is 5. The van der Waals surface area contributed by atoms with E-state index < -0.39 is 5.97 Å². The molecule has 0 aliphatic carbocycles. The first-order valence-electron chi connectivity index (χ1n) is 6.29. The van der Waals surface area contributed by atoms with Crippen LogP contribution in [0.5, 0.6) is 5.75 Å². The van der Waals surface area contributed by atoms with Gasteiger partial charge in [0.25, 0.3) is 0 Å². The Bertz CT molecular complexity index is 585. The summed E-state index contributed by atoms with van der Waals surface area (Å²) in [4.78, 5) is 15.8. The van der Waals surface area contributed by atoms with Gasteiger partial charge in [-0.2, -0.15) is 0 Å². The molecule has 0 atom stereocenters. The van der Waals surface area contributed by atoms with Crippen LogP contribution in [-0.4, -0.2) is 17.6 Å². The van der Waals surface area contributed by atoms with E-state index in [1.54, 1.807) is 37.5 Å². The molecule has 0 radical (unpaired) electrons. The van der Waals surface area contributed by atoms with Crippen LogP contribution in [0, 0.1) is 0 Å². The normalized spacial score (nSPS) is 10.1. The second-order valence-corrected chi connectivity index (χ2v) is 4.13. The van der Waals surface area contributed by atoms with Crippen LogP contribution in [0.3, 0.4) is 0 Å². The van der Waals surface area contributed by atoms with E-state index in [-0.39, 0.29) is 0 Å². The molecule has 104 valence electrons. The Morgan fingerprint density at radius 2 is 2.20 bits per heavy atom. The van der Waals surface area contributed by atoms with Crippen LogP contribution in [0.1, 0.15) is 22.8 Å². The van der Waals surface area contributed by atoms with E-state index in [4.69, 9.17) is 15.2 Å². The minimum atomic E-state index is -0.423. The zero-order chi connectivity index (χ0) is 14.4. The average Bonchev–Trinajstić information content (AvgIpc) is 2.46. The van der Waals surface area contributed by atoms with Gasteiger partial charge in [-0.3, -0.25) is 4.98 Å². The monoisotopic (exact) mass is 272 g/mol. The third-order valence-corrected chi connectivity index (χ3v) is 2.62. The summed E-state index contributed by atoms with van der Waals surface area (Å²) in [6, 6.07) is 8.57. The molecule has 1 aromatic carbocycles. The molecule has 2 N–H and O–H groups in total. The maximum absolute atomic E-state index is 11.8. The van der Waals surface area contributed by atoms with Crippen LogP contribution in [0.15, 0.2) is 42.7 Å². The zero-order valence-corrected chi connectivity index (χ0v) is 11.2. The Balaban J connectivity index is 2.17. The molecule has 0 unspecified atom stereocenters. The van der Waals surface area contributed by atoms with Crippen molar-refractivity contribution in [1.82, 2.24) is 4.98 Å². The number of ether oxygens (including phenoxy) is 2. The summed E-state index contributed by atoms with van der Waals surface area (Å²) in [5.74, 6) is -0.0130. The Morgan fingerprint density at radius 1 is 1.35 bits per heavy atom. The number of pyridine rings is 1. The molecule has 0 aliphatic heterocycles. The summed E-state index contributed by atoms with van der Waals surface area (Å²) in [6.07, 6.45) is 3.39. The van der Waals surface area contributed by atoms with Gasteiger partial charge in [-0.05, 0) is 25.1 Å². The Hall–Kier alpha value is -2.56. The van der Waals surface area contributed by atoms with E-state index in [2.05, 4.69) is 4.98 Å². The maximum Gasteiger partial charge on any atom is 0.341 e. The number of carbonyl (C=O) groups excluding carboxylic acids is 1. The zero-order valence-electron chi connectivity index (χ0n) is 11.2. The van der Waals surface area contributed by atoms with Crippen molar-refractivity contribution in [2.45, 2.75) is 13.5 Å². The van der Waals surface area contributed by atoms with Crippen molar-refractivity contribution in [3.05, 3.63) is 53.9 Å². The summed E-state index contributed by atoms with van der Waals surface area (Å²) in [6.45, 7) is 2.38. The van der Waals surface area contributed by atoms with Gasteiger partial charge in [-0.1, -0.05) is 6.07 Å². The Morgan fingerprint density at radius 3 is 2.90 bits per heavy atom. The lowest BCUT2D eigenvalue weighted by molar-refractivity contribution is 0.0521. The van der Waals surface area contributed by atoms with E-state index in [1.165, 1.54) is 0 Å². The van der Waals surface area contributed by atoms with Crippen LogP contribution >= 0.6 is 0 Å². The van der Waals surface area contributed by atoms with E-state index in [0.29, 0.717) is 30.2 Å². The molecule has 0 saturated carbocycles. The van der Waals surface area contributed by atoms with Crippen LogP contribution in [-0.2, 0) is 11.3 Å². The first-order chi connectivity index (χ1) is 9.70. The highest BCUT2D eigenvalue weighted by Crippen LogP contribution is 2.23. The Labute approximate surface area is 117 Å². The van der Waals surface area contributed by atoms with E-state index >= 15 is 0 Å². The summed E-state index contributed by atoms with van der Waals surface area (Å²) in [5, 5.41) is 0. The predicted octanol–water partition coefficient (Wildman–Crippen LogP) is 2.42. The van der Waals surface area contributed by atoms with Gasteiger partial charge in [-0.15, -0.1) is 0 Å². The fraction of sp³-hybridized carbons (Fsp3) is 0.200. The van der Waals surface area contributed by atoms with E-state index in [0.717, 1.165) is 5.56 Å². The van der Waals surface area contributed by atoms with Gasteiger partial charge in [0.15, 0.2) is 0 Å². The Kier molecular flexibility index (Phi) is 4.55. The predicted molar refractivity (Wildman–Crippen MR) is 75.4 cm³/mol. The molecule has 0 spiro atoms. The second-order valence-electron chi connectivity index (χ2n) is 4.13. The van der Waals surface area contributed by atoms with Crippen molar-refractivity contribution in [1.29, 1.82) is 0 Å². The standard InChI is InChI=1S/C15H16N2O3/c1-2-19-15(18)13-6-5-12(16)8-14(13)20-10-11-4-3-7-17-9-11/h3-9H,2,10,16H2,1H3. The summed E-state index contributed by atoms with van der Waals surface area (Å²) in [7, 11) is 0. The summed E-state index contributed by atoms with van der Waals surface area (Å²) < 4.78 is 10.6. The molecule has 5 nitrogen and oxygen atoms in total. The highest BCUT2D eigenvalue weighted by molar-refractivity contribution is 5.93. The first kappa shape index (κ1) is 13.9. The van der Waals surface area contributed by atoms with Crippen molar-refractivity contribution >= 4 is 11.7 Å². The van der Waals surface area contributed by atoms with Crippen molar-refractivity contribution in [2.75, 3.05) is 12.3 Å². The molecule has 0 amide bonds. The molecule has 1 heterocycles. The number of benzene rings is 1. The molecule has 2 aromatic rings. The minimum Gasteiger partial charge on any atom is -0.488 e. The van der Waals surface area contributed by atoms with Gasteiger partial charge < -0.3 is 15.2 Å². The molecule has 0 fully saturated rings. The number of carbonyl (C=O) groups is 1. The van der Waals surface area contributed by atoms with E-state index in [9.17, 15) is 4.79 Å². The quantitative estimate of drug-likeness (QED) is 0.668. The number of hydrogen-bond acceptors (Lipinski definition) is 5. The SMILES string of the molecule is CCOC(=O)c1ccc(N)cc1OCc1cccnc1. The fourth-order valence-electron chi connectivity index (χ4n) is 1.68. The highest BCUT2D eigenvalue weighted by Gasteiger charge is 2.14. The van der Waals surface area contributed by atoms with Crippen molar-refractivity contribution < 1.29 is 14.3 Å². The molecule has 2 rings (SSSR count). The maximum atomic E-state index is 11.8. The molecule has 20 heavy (non-hydrogen) atoms. The molecule has 0 aliphatic rings. The van der Waals surface area contributed by atoms with Gasteiger partial charge in [0.2, 0.25) is 0 Å². The third kappa shape index (κ3) is 3.47. The third-order valence-electron chi connectivity index (χ3n) is 2.62. The van der Waals surface area contributed by atoms with Gasteiger partial charge in [0.05, 0.1) is 6.61 Å². The molecule has 0 bridgehead atoms. The lowest BCUT2D eigenvalue weighted by Crippen LogP contribution is -2.08. The van der Waals surface area contributed by atoms with Gasteiger partial charge in [-0.25, -0.2) is 4.79 Å².